The molecule has 5 heteroatoms. The molecule has 0 saturated carbocycles. The molecule has 0 spiro atoms. The van der Waals surface area contributed by atoms with Crippen molar-refractivity contribution in [2.75, 3.05) is 0 Å². The van der Waals surface area contributed by atoms with Crippen molar-refractivity contribution in [3.63, 3.8) is 0 Å². The summed E-state index contributed by atoms with van der Waals surface area (Å²) in [5, 5.41) is 13.5. The Kier molecular flexibility index (Phi) is 8.61. The van der Waals surface area contributed by atoms with Gasteiger partial charge in [-0.3, -0.25) is 4.79 Å². The van der Waals surface area contributed by atoms with Crippen LogP contribution in [-0.2, 0) is 4.79 Å². The number of benzene rings is 2. The number of carbonyl (C=O) groups is 1. The van der Waals surface area contributed by atoms with Gasteiger partial charge in [0.25, 0.3) is 0 Å². The van der Waals surface area contributed by atoms with Gasteiger partial charge in [-0.15, -0.1) is 0 Å². The van der Waals surface area contributed by atoms with Gasteiger partial charge in [0.05, 0.1) is 5.60 Å². The fourth-order valence-corrected chi connectivity index (χ4v) is 3.76. The highest BCUT2D eigenvalue weighted by Gasteiger charge is 2.13. The highest BCUT2D eigenvalue weighted by molar-refractivity contribution is 7.99. The molecule has 1 atom stereocenters. The van der Waals surface area contributed by atoms with Crippen molar-refractivity contribution in [2.24, 2.45) is 0 Å². The van der Waals surface area contributed by atoms with Crippen molar-refractivity contribution in [3.8, 4) is 0 Å². The average molecular weight is 418 g/mol. The molecular formula is C23H28ClNO2S. The smallest absolute Gasteiger partial charge is 0.244 e. The second-order valence-electron chi connectivity index (χ2n) is 7.54. The maximum absolute atomic E-state index is 12.2. The predicted octanol–water partition coefficient (Wildman–Crippen LogP) is 5.95. The summed E-state index contributed by atoms with van der Waals surface area (Å²) in [7, 11) is 0. The molecule has 1 amide bonds. The number of hydrogen-bond donors (Lipinski definition) is 2. The lowest BCUT2D eigenvalue weighted by atomic mass is 10.00. The van der Waals surface area contributed by atoms with Crippen LogP contribution in [0, 0.1) is 0 Å². The lowest BCUT2D eigenvalue weighted by Crippen LogP contribution is -2.31. The number of hydrogen-bond acceptors (Lipinski definition) is 3. The normalized spacial score (nSPS) is 12.9. The number of aliphatic hydroxyl groups is 1. The second-order valence-corrected chi connectivity index (χ2v) is 9.09. The largest absolute Gasteiger partial charge is 0.390 e. The summed E-state index contributed by atoms with van der Waals surface area (Å²) in [4.78, 5) is 14.4. The monoisotopic (exact) mass is 417 g/mol. The van der Waals surface area contributed by atoms with Crippen LogP contribution in [-0.4, -0.2) is 22.7 Å². The van der Waals surface area contributed by atoms with Crippen LogP contribution in [0.25, 0.3) is 6.08 Å². The molecule has 0 aliphatic heterocycles. The fourth-order valence-electron chi connectivity index (χ4n) is 2.71. The summed E-state index contributed by atoms with van der Waals surface area (Å²) < 4.78 is 0. The summed E-state index contributed by atoms with van der Waals surface area (Å²) in [6.45, 7) is 5.59. The molecule has 0 aliphatic rings. The Bertz CT molecular complexity index is 797. The predicted molar refractivity (Wildman–Crippen MR) is 119 cm³/mol. The molecule has 0 bridgehead atoms. The van der Waals surface area contributed by atoms with E-state index in [9.17, 15) is 9.90 Å². The van der Waals surface area contributed by atoms with Crippen LogP contribution in [0.4, 0.5) is 0 Å². The number of carbonyl (C=O) groups excluding carboxylic acids is 1. The summed E-state index contributed by atoms with van der Waals surface area (Å²) in [6.07, 6.45) is 5.85. The zero-order valence-corrected chi connectivity index (χ0v) is 18.2. The Morgan fingerprint density at radius 1 is 1.21 bits per heavy atom. The number of nitrogens with one attached hydrogen (secondary N) is 1. The van der Waals surface area contributed by atoms with E-state index >= 15 is 0 Å². The Hall–Kier alpha value is -1.75. The summed E-state index contributed by atoms with van der Waals surface area (Å²) in [6, 6.07) is 15.8. The van der Waals surface area contributed by atoms with Crippen LogP contribution in [0.5, 0.6) is 0 Å². The van der Waals surface area contributed by atoms with E-state index in [1.807, 2.05) is 61.5 Å². The first-order chi connectivity index (χ1) is 13.2. The quantitative estimate of drug-likeness (QED) is 0.495. The molecule has 2 aromatic rings. The molecular weight excluding hydrogens is 390 g/mol. The average Bonchev–Trinajstić information content (AvgIpc) is 2.62. The molecule has 0 radical (unpaired) electrons. The van der Waals surface area contributed by atoms with Gasteiger partial charge in [-0.05, 0) is 82.0 Å². The minimum Gasteiger partial charge on any atom is -0.390 e. The second kappa shape index (κ2) is 10.7. The van der Waals surface area contributed by atoms with Gasteiger partial charge in [0.1, 0.15) is 0 Å². The van der Waals surface area contributed by atoms with Gasteiger partial charge in [-0.2, -0.15) is 0 Å². The third-order valence-electron chi connectivity index (χ3n) is 4.19. The first kappa shape index (κ1) is 22.5. The minimum absolute atomic E-state index is 0.0678. The van der Waals surface area contributed by atoms with E-state index in [1.165, 1.54) is 0 Å². The first-order valence-corrected chi connectivity index (χ1v) is 10.7. The zero-order valence-electron chi connectivity index (χ0n) is 16.6. The zero-order chi connectivity index (χ0) is 20.6. The van der Waals surface area contributed by atoms with Gasteiger partial charge in [-0.1, -0.05) is 41.6 Å². The van der Waals surface area contributed by atoms with Gasteiger partial charge < -0.3 is 10.4 Å². The van der Waals surface area contributed by atoms with Gasteiger partial charge in [-0.25, -0.2) is 0 Å². The molecule has 3 nitrogen and oxygen atoms in total. The van der Waals surface area contributed by atoms with E-state index in [-0.39, 0.29) is 11.9 Å². The number of amides is 1. The topological polar surface area (TPSA) is 49.3 Å². The molecule has 0 aliphatic carbocycles. The number of halogens is 1. The maximum Gasteiger partial charge on any atom is 0.244 e. The Labute approximate surface area is 177 Å². The summed E-state index contributed by atoms with van der Waals surface area (Å²) >= 11 is 7.59. The van der Waals surface area contributed by atoms with Crippen molar-refractivity contribution in [2.45, 2.75) is 61.5 Å². The van der Waals surface area contributed by atoms with Crippen LogP contribution in [0.3, 0.4) is 0 Å². The standard InChI is InChI=1S/C23H28ClNO2S/c1-17(7-6-16-23(2,3)27)25-22(26)15-10-18-8-4-5-9-21(18)28-20-13-11-19(24)12-14-20/h4-5,8-15,17,27H,6-7,16H2,1-3H3,(H,25,26). The van der Waals surface area contributed by atoms with E-state index in [2.05, 4.69) is 5.32 Å². The van der Waals surface area contributed by atoms with Crippen molar-refractivity contribution in [1.29, 1.82) is 0 Å². The van der Waals surface area contributed by atoms with Crippen molar-refractivity contribution < 1.29 is 9.90 Å². The Morgan fingerprint density at radius 2 is 1.89 bits per heavy atom. The van der Waals surface area contributed by atoms with Gasteiger partial charge >= 0.3 is 0 Å². The van der Waals surface area contributed by atoms with Crippen molar-refractivity contribution in [3.05, 3.63) is 65.2 Å². The molecule has 2 N–H and O–H groups in total. The molecule has 2 aromatic carbocycles. The van der Waals surface area contributed by atoms with E-state index in [0.717, 1.165) is 34.6 Å². The van der Waals surface area contributed by atoms with Crippen LogP contribution in [0.1, 0.15) is 45.6 Å². The van der Waals surface area contributed by atoms with Crippen LogP contribution in [0.15, 0.2) is 64.4 Å². The molecule has 1 unspecified atom stereocenters. The third kappa shape index (κ3) is 8.51. The molecule has 150 valence electrons. The first-order valence-electron chi connectivity index (χ1n) is 9.46. The molecule has 0 fully saturated rings. The van der Waals surface area contributed by atoms with Gasteiger partial charge in [0.2, 0.25) is 5.91 Å². The van der Waals surface area contributed by atoms with Crippen LogP contribution < -0.4 is 5.32 Å². The maximum atomic E-state index is 12.2. The van der Waals surface area contributed by atoms with E-state index in [0.29, 0.717) is 5.02 Å². The molecule has 0 heterocycles. The number of rotatable bonds is 9. The molecule has 28 heavy (non-hydrogen) atoms. The highest BCUT2D eigenvalue weighted by atomic mass is 35.5. The van der Waals surface area contributed by atoms with Crippen molar-refractivity contribution in [1.82, 2.24) is 5.32 Å². The Balaban J connectivity index is 1.92. The fraction of sp³-hybridized carbons (Fsp3) is 0.348. The Morgan fingerprint density at radius 3 is 2.57 bits per heavy atom. The van der Waals surface area contributed by atoms with Crippen LogP contribution >= 0.6 is 23.4 Å². The third-order valence-corrected chi connectivity index (χ3v) is 5.54. The summed E-state index contributed by atoms with van der Waals surface area (Å²) in [5.41, 5.74) is 0.335. The summed E-state index contributed by atoms with van der Waals surface area (Å²) in [5.74, 6) is -0.109. The minimum atomic E-state index is -0.658. The van der Waals surface area contributed by atoms with E-state index in [1.54, 1.807) is 31.7 Å². The van der Waals surface area contributed by atoms with Gasteiger partial charge in [0, 0.05) is 26.9 Å². The lowest BCUT2D eigenvalue weighted by molar-refractivity contribution is -0.117. The van der Waals surface area contributed by atoms with Gasteiger partial charge in [0.15, 0.2) is 0 Å². The molecule has 2 rings (SSSR count). The van der Waals surface area contributed by atoms with Crippen molar-refractivity contribution >= 4 is 35.3 Å². The van der Waals surface area contributed by atoms with E-state index < -0.39 is 5.60 Å². The SMILES string of the molecule is CC(CCCC(C)(C)O)NC(=O)C=Cc1ccccc1Sc1ccc(Cl)cc1. The van der Waals surface area contributed by atoms with E-state index in [4.69, 9.17) is 11.6 Å². The molecule has 0 aromatic heterocycles. The molecule has 0 saturated heterocycles. The van der Waals surface area contributed by atoms with Crippen LogP contribution in [0.2, 0.25) is 5.02 Å². The lowest BCUT2D eigenvalue weighted by Gasteiger charge is -2.18. The highest BCUT2D eigenvalue weighted by Crippen LogP contribution is 2.31.